The predicted octanol–water partition coefficient (Wildman–Crippen LogP) is 8.35. The fourth-order valence-corrected chi connectivity index (χ4v) is 4.48. The van der Waals surface area contributed by atoms with E-state index in [0.29, 0.717) is 0 Å². The zero-order chi connectivity index (χ0) is 27.2. The van der Waals surface area contributed by atoms with Gasteiger partial charge in [0.15, 0.2) is 0 Å². The van der Waals surface area contributed by atoms with Crippen molar-refractivity contribution in [1.82, 2.24) is 4.98 Å². The Kier molecular flexibility index (Phi) is 7.74. The first-order valence-corrected chi connectivity index (χ1v) is 13.0. The van der Waals surface area contributed by atoms with Crippen LogP contribution in [0.1, 0.15) is 39.2 Å². The van der Waals surface area contributed by atoms with Crippen LogP contribution in [0.5, 0.6) is 5.75 Å². The quantitative estimate of drug-likeness (QED) is 0.207. The average Bonchev–Trinajstić information content (AvgIpc) is 2.97. The molecule has 0 fully saturated rings. The highest BCUT2D eigenvalue weighted by molar-refractivity contribution is 6.15. The standard InChI is InChI=1S/C35H31N3O/c1-24-18-20-30(25(2)22-24)37-34(27-12-7-5-8-13-27)32-16-11-17-33(36-32)35(28-14-9-6-10-15-28)38-31-21-19-29(39-4)23-26(31)3/h5-23H,1-4H3. The highest BCUT2D eigenvalue weighted by atomic mass is 16.5. The van der Waals surface area contributed by atoms with Crippen LogP contribution in [0, 0.1) is 20.8 Å². The third-order valence-corrected chi connectivity index (χ3v) is 6.55. The highest BCUT2D eigenvalue weighted by Gasteiger charge is 2.15. The fourth-order valence-electron chi connectivity index (χ4n) is 4.48. The van der Waals surface area contributed by atoms with Crippen molar-refractivity contribution in [3.8, 4) is 5.75 Å². The van der Waals surface area contributed by atoms with Gasteiger partial charge in [-0.25, -0.2) is 15.0 Å². The molecule has 0 spiro atoms. The Hall–Kier alpha value is -4.83. The molecule has 0 amide bonds. The lowest BCUT2D eigenvalue weighted by molar-refractivity contribution is 0.414. The van der Waals surface area contributed by atoms with Crippen molar-refractivity contribution < 1.29 is 4.74 Å². The molecule has 4 nitrogen and oxygen atoms in total. The first-order chi connectivity index (χ1) is 19.0. The van der Waals surface area contributed by atoms with Crippen LogP contribution in [0.4, 0.5) is 11.4 Å². The number of pyridine rings is 1. The molecule has 5 aromatic rings. The molecule has 39 heavy (non-hydrogen) atoms. The lowest BCUT2D eigenvalue weighted by Crippen LogP contribution is -2.11. The van der Waals surface area contributed by atoms with Crippen molar-refractivity contribution in [2.75, 3.05) is 7.11 Å². The summed E-state index contributed by atoms with van der Waals surface area (Å²) in [6.07, 6.45) is 0. The Morgan fingerprint density at radius 1 is 0.564 bits per heavy atom. The minimum Gasteiger partial charge on any atom is -0.497 e. The Balaban J connectivity index is 1.67. The van der Waals surface area contributed by atoms with Gasteiger partial charge < -0.3 is 4.74 Å². The molecule has 5 rings (SSSR count). The summed E-state index contributed by atoms with van der Waals surface area (Å²) in [5.41, 5.74) is 10.3. The number of aromatic nitrogens is 1. The van der Waals surface area contributed by atoms with Crippen molar-refractivity contribution in [1.29, 1.82) is 0 Å². The molecule has 0 aliphatic rings. The van der Waals surface area contributed by atoms with Crippen LogP contribution in [-0.4, -0.2) is 23.5 Å². The summed E-state index contributed by atoms with van der Waals surface area (Å²) in [6, 6.07) is 38.7. The van der Waals surface area contributed by atoms with E-state index in [9.17, 15) is 0 Å². The summed E-state index contributed by atoms with van der Waals surface area (Å²) in [6.45, 7) is 6.23. The van der Waals surface area contributed by atoms with Crippen molar-refractivity contribution in [3.63, 3.8) is 0 Å². The lowest BCUT2D eigenvalue weighted by Gasteiger charge is -2.13. The molecule has 0 radical (unpaired) electrons. The third kappa shape index (κ3) is 6.02. The number of hydrogen-bond acceptors (Lipinski definition) is 4. The second kappa shape index (κ2) is 11.7. The molecule has 0 saturated heterocycles. The Labute approximate surface area is 230 Å². The van der Waals surface area contributed by atoms with Crippen LogP contribution in [0.15, 0.2) is 125 Å². The molecule has 0 saturated carbocycles. The Bertz CT molecular complexity index is 1650. The van der Waals surface area contributed by atoms with E-state index in [1.54, 1.807) is 7.11 Å². The van der Waals surface area contributed by atoms with E-state index >= 15 is 0 Å². The van der Waals surface area contributed by atoms with E-state index in [1.807, 2.05) is 79.7 Å². The topological polar surface area (TPSA) is 46.8 Å². The molecule has 0 atom stereocenters. The van der Waals surface area contributed by atoms with Gasteiger partial charge in [-0.2, -0.15) is 0 Å². The smallest absolute Gasteiger partial charge is 0.119 e. The van der Waals surface area contributed by atoms with Gasteiger partial charge in [-0.05, 0) is 68.3 Å². The van der Waals surface area contributed by atoms with E-state index in [-0.39, 0.29) is 0 Å². The van der Waals surface area contributed by atoms with Crippen LogP contribution in [0.3, 0.4) is 0 Å². The lowest BCUT2D eigenvalue weighted by atomic mass is 10.0. The maximum atomic E-state index is 5.40. The molecule has 0 aliphatic carbocycles. The van der Waals surface area contributed by atoms with Crippen molar-refractivity contribution in [2.45, 2.75) is 20.8 Å². The third-order valence-electron chi connectivity index (χ3n) is 6.55. The van der Waals surface area contributed by atoms with Crippen LogP contribution >= 0.6 is 0 Å². The van der Waals surface area contributed by atoms with Gasteiger partial charge in [0.2, 0.25) is 0 Å². The zero-order valence-electron chi connectivity index (χ0n) is 22.7. The molecule has 4 aromatic carbocycles. The molecule has 192 valence electrons. The van der Waals surface area contributed by atoms with E-state index in [2.05, 4.69) is 56.3 Å². The summed E-state index contributed by atoms with van der Waals surface area (Å²) in [5.74, 6) is 0.808. The number of aryl methyl sites for hydroxylation is 3. The van der Waals surface area contributed by atoms with E-state index in [1.165, 1.54) is 5.56 Å². The largest absolute Gasteiger partial charge is 0.497 e. The molecule has 4 heteroatoms. The summed E-state index contributed by atoms with van der Waals surface area (Å²) in [5, 5.41) is 0. The number of hydrogen-bond donors (Lipinski definition) is 0. The molecule has 0 unspecified atom stereocenters. The number of rotatable bonds is 7. The molecule has 0 N–H and O–H groups in total. The van der Waals surface area contributed by atoms with Gasteiger partial charge >= 0.3 is 0 Å². The average molecular weight is 510 g/mol. The van der Waals surface area contributed by atoms with Gasteiger partial charge in [0.1, 0.15) is 5.75 Å². The molecular formula is C35H31N3O. The SMILES string of the molecule is COc1ccc(N=C(c2ccccc2)c2cccc(C(=Nc3ccc(C)cc3C)c3ccccc3)n2)c(C)c1. The number of benzene rings is 4. The second-order valence-electron chi connectivity index (χ2n) is 9.50. The minimum atomic E-state index is 0.776. The first kappa shape index (κ1) is 25.8. The van der Waals surface area contributed by atoms with E-state index in [0.717, 1.165) is 62.2 Å². The molecule has 1 heterocycles. The van der Waals surface area contributed by atoms with Gasteiger partial charge in [0.25, 0.3) is 0 Å². The number of ether oxygens (including phenoxy) is 1. The maximum Gasteiger partial charge on any atom is 0.119 e. The predicted molar refractivity (Wildman–Crippen MR) is 161 cm³/mol. The molecule has 0 bridgehead atoms. The normalized spacial score (nSPS) is 11.9. The minimum absolute atomic E-state index is 0.776. The van der Waals surface area contributed by atoms with Crippen LogP contribution in [0.2, 0.25) is 0 Å². The van der Waals surface area contributed by atoms with Gasteiger partial charge in [0, 0.05) is 11.1 Å². The van der Waals surface area contributed by atoms with Crippen LogP contribution in [0.25, 0.3) is 0 Å². The number of methoxy groups -OCH3 is 1. The van der Waals surface area contributed by atoms with Gasteiger partial charge in [-0.3, -0.25) is 0 Å². The summed E-state index contributed by atoms with van der Waals surface area (Å²) in [7, 11) is 1.67. The number of nitrogens with zero attached hydrogens (tertiary/aromatic N) is 3. The summed E-state index contributed by atoms with van der Waals surface area (Å²) in [4.78, 5) is 15.4. The van der Waals surface area contributed by atoms with E-state index in [4.69, 9.17) is 19.7 Å². The van der Waals surface area contributed by atoms with Crippen LogP contribution < -0.4 is 4.74 Å². The van der Waals surface area contributed by atoms with Crippen molar-refractivity contribution in [2.24, 2.45) is 9.98 Å². The Morgan fingerprint density at radius 2 is 1.08 bits per heavy atom. The van der Waals surface area contributed by atoms with E-state index < -0.39 is 0 Å². The Morgan fingerprint density at radius 3 is 1.56 bits per heavy atom. The zero-order valence-corrected chi connectivity index (χ0v) is 22.7. The van der Waals surface area contributed by atoms with Crippen molar-refractivity contribution >= 4 is 22.8 Å². The van der Waals surface area contributed by atoms with Gasteiger partial charge in [-0.15, -0.1) is 0 Å². The van der Waals surface area contributed by atoms with Gasteiger partial charge in [-0.1, -0.05) is 84.4 Å². The van der Waals surface area contributed by atoms with Crippen molar-refractivity contribution in [3.05, 3.63) is 154 Å². The molecule has 0 aliphatic heterocycles. The summed E-state index contributed by atoms with van der Waals surface area (Å²) >= 11 is 0. The second-order valence-corrected chi connectivity index (χ2v) is 9.50. The fraction of sp³-hybridized carbons (Fsp3) is 0.114. The van der Waals surface area contributed by atoms with Gasteiger partial charge in [0.05, 0.1) is 41.3 Å². The first-order valence-electron chi connectivity index (χ1n) is 13.0. The highest BCUT2D eigenvalue weighted by Crippen LogP contribution is 2.27. The van der Waals surface area contributed by atoms with Crippen LogP contribution in [-0.2, 0) is 0 Å². The number of aliphatic imine (C=N–C) groups is 2. The monoisotopic (exact) mass is 509 g/mol. The maximum absolute atomic E-state index is 5.40. The molecular weight excluding hydrogens is 478 g/mol. The summed E-state index contributed by atoms with van der Waals surface area (Å²) < 4.78 is 5.40. The molecule has 1 aromatic heterocycles.